The van der Waals surface area contributed by atoms with Crippen LogP contribution in [-0.4, -0.2) is 22.1 Å². The number of hydrogen-bond donors (Lipinski definition) is 3. The lowest BCUT2D eigenvalue weighted by atomic mass is 9.90. The number of carboxylic acid groups (broad SMARTS) is 1. The molecule has 0 aromatic heterocycles. The molecule has 8 heteroatoms. The van der Waals surface area contributed by atoms with Gasteiger partial charge in [0, 0.05) is 5.02 Å². The number of hydrogen-bond acceptors (Lipinski definition) is 3. The van der Waals surface area contributed by atoms with E-state index < -0.39 is 11.9 Å². The summed E-state index contributed by atoms with van der Waals surface area (Å²) in [6.45, 7) is 0. The second kappa shape index (κ2) is 9.71. The maximum absolute atomic E-state index is 13.1. The fraction of sp³-hybridized carbons (Fsp3) is 0.0455. The Labute approximate surface area is 188 Å². The van der Waals surface area contributed by atoms with E-state index in [1.54, 1.807) is 0 Å². The van der Waals surface area contributed by atoms with Crippen LogP contribution >= 0.6 is 35.4 Å². The molecule has 0 unspecified atom stereocenters. The number of carbonyl (C=O) groups excluding carboxylic acids is 1. The fourth-order valence-electron chi connectivity index (χ4n) is 2.98. The number of carboxylic acids is 1. The van der Waals surface area contributed by atoms with Gasteiger partial charge in [-0.15, -0.1) is 0 Å². The topological polar surface area (TPSA) is 78.4 Å². The number of nitrogens with one attached hydrogen (secondary N) is 2. The highest BCUT2D eigenvalue weighted by Crippen LogP contribution is 2.30. The largest absolute Gasteiger partial charge is 0.478 e. The van der Waals surface area contributed by atoms with Gasteiger partial charge in [-0.2, -0.15) is 0 Å². The Morgan fingerprint density at radius 2 is 1.43 bits per heavy atom. The monoisotopic (exact) mass is 458 g/mol. The number of aromatic carboxylic acids is 1. The SMILES string of the molecule is O=C(O)c1cc(Cl)cc(Cl)c1NC(=S)NC(=O)C(c1ccccc1)c1ccccc1. The summed E-state index contributed by atoms with van der Waals surface area (Å²) < 4.78 is 0. The Morgan fingerprint density at radius 3 is 1.93 bits per heavy atom. The van der Waals surface area contributed by atoms with Crippen LogP contribution in [0, 0.1) is 0 Å². The Bertz CT molecular complexity index is 1050. The zero-order valence-corrected chi connectivity index (χ0v) is 17.8. The van der Waals surface area contributed by atoms with E-state index in [2.05, 4.69) is 10.6 Å². The maximum Gasteiger partial charge on any atom is 0.337 e. The molecule has 0 atom stereocenters. The van der Waals surface area contributed by atoms with Gasteiger partial charge in [0.2, 0.25) is 5.91 Å². The number of amides is 1. The van der Waals surface area contributed by atoms with Crippen LogP contribution < -0.4 is 10.6 Å². The lowest BCUT2D eigenvalue weighted by Crippen LogP contribution is -2.38. The minimum atomic E-state index is -1.23. The van der Waals surface area contributed by atoms with Crippen LogP contribution in [0.25, 0.3) is 0 Å². The second-order valence-electron chi connectivity index (χ2n) is 6.31. The molecule has 3 rings (SSSR count). The van der Waals surface area contributed by atoms with Gasteiger partial charge in [0.25, 0.3) is 0 Å². The number of halogens is 2. The first-order chi connectivity index (χ1) is 14.4. The lowest BCUT2D eigenvalue weighted by Gasteiger charge is -2.19. The molecule has 0 aliphatic rings. The van der Waals surface area contributed by atoms with Gasteiger partial charge < -0.3 is 15.7 Å². The number of benzene rings is 3. The van der Waals surface area contributed by atoms with Gasteiger partial charge in [-0.3, -0.25) is 4.79 Å². The highest BCUT2D eigenvalue weighted by molar-refractivity contribution is 7.80. The van der Waals surface area contributed by atoms with E-state index in [1.807, 2.05) is 60.7 Å². The van der Waals surface area contributed by atoms with Gasteiger partial charge >= 0.3 is 5.97 Å². The number of anilines is 1. The molecule has 3 aromatic rings. The van der Waals surface area contributed by atoms with Crippen LogP contribution in [0.3, 0.4) is 0 Å². The standard InChI is InChI=1S/C22H16Cl2N2O3S/c23-15-11-16(21(28)29)19(17(24)12-15)25-22(30)26-20(27)18(13-7-3-1-4-8-13)14-9-5-2-6-10-14/h1-12,18H,(H,28,29)(H2,25,26,27,30). The first-order valence-corrected chi connectivity index (χ1v) is 9.97. The maximum atomic E-state index is 13.1. The third kappa shape index (κ3) is 5.16. The third-order valence-corrected chi connectivity index (χ3v) is 5.01. The molecule has 0 saturated carbocycles. The summed E-state index contributed by atoms with van der Waals surface area (Å²) >= 11 is 17.3. The highest BCUT2D eigenvalue weighted by Gasteiger charge is 2.24. The summed E-state index contributed by atoms with van der Waals surface area (Å²) in [5.74, 6) is -2.21. The van der Waals surface area contributed by atoms with Crippen molar-refractivity contribution in [1.29, 1.82) is 0 Å². The lowest BCUT2D eigenvalue weighted by molar-refractivity contribution is -0.120. The minimum absolute atomic E-state index is 0.0508. The Morgan fingerprint density at radius 1 is 0.900 bits per heavy atom. The zero-order chi connectivity index (χ0) is 21.7. The van der Waals surface area contributed by atoms with Gasteiger partial charge in [-0.25, -0.2) is 4.79 Å². The molecule has 152 valence electrons. The molecule has 5 nitrogen and oxygen atoms in total. The summed E-state index contributed by atoms with van der Waals surface area (Å²) in [5, 5.41) is 14.9. The Hall–Kier alpha value is -2.93. The first kappa shape index (κ1) is 21.8. The van der Waals surface area contributed by atoms with Crippen molar-refractivity contribution in [2.45, 2.75) is 5.92 Å². The first-order valence-electron chi connectivity index (χ1n) is 8.81. The van der Waals surface area contributed by atoms with E-state index in [0.717, 1.165) is 11.1 Å². The summed E-state index contributed by atoms with van der Waals surface area (Å²) in [5.41, 5.74) is 1.47. The second-order valence-corrected chi connectivity index (χ2v) is 7.56. The quantitative estimate of drug-likeness (QED) is 0.449. The van der Waals surface area contributed by atoms with Crippen LogP contribution in [0.1, 0.15) is 27.4 Å². The molecule has 0 spiro atoms. The van der Waals surface area contributed by atoms with Crippen LogP contribution in [0.4, 0.5) is 5.69 Å². The van der Waals surface area contributed by atoms with Crippen molar-refractivity contribution in [3.63, 3.8) is 0 Å². The molecule has 0 radical (unpaired) electrons. The van der Waals surface area contributed by atoms with Gasteiger partial charge in [0.15, 0.2) is 5.11 Å². The molecule has 30 heavy (non-hydrogen) atoms. The fourth-order valence-corrected chi connectivity index (χ4v) is 3.73. The van der Waals surface area contributed by atoms with Crippen molar-refractivity contribution in [3.05, 3.63) is 99.5 Å². The van der Waals surface area contributed by atoms with Crippen molar-refractivity contribution in [2.75, 3.05) is 5.32 Å². The zero-order valence-electron chi connectivity index (χ0n) is 15.4. The molecule has 0 aliphatic carbocycles. The molecule has 3 N–H and O–H groups in total. The van der Waals surface area contributed by atoms with E-state index in [9.17, 15) is 14.7 Å². The van der Waals surface area contributed by atoms with Gasteiger partial charge in [0.1, 0.15) is 0 Å². The molecule has 3 aromatic carbocycles. The smallest absolute Gasteiger partial charge is 0.337 e. The molecule has 0 aliphatic heterocycles. The summed E-state index contributed by atoms with van der Waals surface area (Å²) in [6.07, 6.45) is 0. The predicted octanol–water partition coefficient (Wildman–Crippen LogP) is 5.34. The number of thiocarbonyl (C=S) groups is 1. The van der Waals surface area contributed by atoms with Crippen molar-refractivity contribution in [1.82, 2.24) is 5.32 Å². The van der Waals surface area contributed by atoms with Gasteiger partial charge in [0.05, 0.1) is 22.2 Å². The van der Waals surface area contributed by atoms with Crippen molar-refractivity contribution >= 4 is 58.1 Å². The predicted molar refractivity (Wildman–Crippen MR) is 123 cm³/mol. The molecular formula is C22H16Cl2N2O3S. The van der Waals surface area contributed by atoms with Crippen LogP contribution in [-0.2, 0) is 4.79 Å². The van der Waals surface area contributed by atoms with Crippen molar-refractivity contribution in [3.8, 4) is 0 Å². The normalized spacial score (nSPS) is 10.5. The highest BCUT2D eigenvalue weighted by atomic mass is 35.5. The van der Waals surface area contributed by atoms with Crippen molar-refractivity contribution in [2.24, 2.45) is 0 Å². The molecule has 0 heterocycles. The van der Waals surface area contributed by atoms with E-state index in [4.69, 9.17) is 35.4 Å². The van der Waals surface area contributed by atoms with E-state index in [-0.39, 0.29) is 32.3 Å². The number of carbonyl (C=O) groups is 2. The average Bonchev–Trinajstić information content (AvgIpc) is 2.71. The Kier molecular flexibility index (Phi) is 7.05. The van der Waals surface area contributed by atoms with E-state index in [1.165, 1.54) is 12.1 Å². The Balaban J connectivity index is 1.85. The van der Waals surface area contributed by atoms with Crippen LogP contribution in [0.2, 0.25) is 10.0 Å². The molecule has 0 fully saturated rings. The third-order valence-electron chi connectivity index (χ3n) is 4.29. The van der Waals surface area contributed by atoms with E-state index >= 15 is 0 Å². The summed E-state index contributed by atoms with van der Waals surface area (Å²) in [4.78, 5) is 24.6. The van der Waals surface area contributed by atoms with Crippen molar-refractivity contribution < 1.29 is 14.7 Å². The number of rotatable bonds is 5. The summed E-state index contributed by atoms with van der Waals surface area (Å²) in [7, 11) is 0. The summed E-state index contributed by atoms with van der Waals surface area (Å²) in [6, 6.07) is 21.2. The molecule has 0 bridgehead atoms. The molecule has 0 saturated heterocycles. The van der Waals surface area contributed by atoms with Gasteiger partial charge in [-0.1, -0.05) is 83.9 Å². The molecule has 1 amide bonds. The van der Waals surface area contributed by atoms with Gasteiger partial charge in [-0.05, 0) is 35.5 Å². The average molecular weight is 459 g/mol. The van der Waals surface area contributed by atoms with E-state index in [0.29, 0.717) is 0 Å². The molecular weight excluding hydrogens is 443 g/mol. The minimum Gasteiger partial charge on any atom is -0.478 e. The van der Waals surface area contributed by atoms with Crippen LogP contribution in [0.5, 0.6) is 0 Å². The van der Waals surface area contributed by atoms with Crippen LogP contribution in [0.15, 0.2) is 72.8 Å².